The molecule has 0 atom stereocenters. The number of benzene rings is 4. The van der Waals surface area contributed by atoms with Gasteiger partial charge in [-0.25, -0.2) is 5.32 Å². The van der Waals surface area contributed by atoms with E-state index in [1.165, 1.54) is 44.5 Å². The second-order valence-corrected chi connectivity index (χ2v) is 8.04. The molecule has 0 spiro atoms. The molecule has 1 radical (unpaired) electrons. The van der Waals surface area contributed by atoms with Crippen molar-refractivity contribution in [2.75, 3.05) is 13.1 Å². The van der Waals surface area contributed by atoms with Gasteiger partial charge in [-0.2, -0.15) is 0 Å². The van der Waals surface area contributed by atoms with Gasteiger partial charge in [0.05, 0.1) is 0 Å². The summed E-state index contributed by atoms with van der Waals surface area (Å²) in [4.78, 5) is 0. The molecule has 139 valence electrons. The van der Waals surface area contributed by atoms with Gasteiger partial charge < -0.3 is 0 Å². The van der Waals surface area contributed by atoms with E-state index < -0.39 is 0 Å². The standard InChI is InChI=1S/C28H22N/c1-5-13-23-19(9-1)20-10-2-6-14-24(20)27(23)17-29-18-28-25-15-7-3-11-21(25)22-12-4-8-16-26(22)28/h1-16,27-28H,17-18H2. The number of hydrogen-bond donors (Lipinski definition) is 0. The van der Waals surface area contributed by atoms with Crippen LogP contribution in [0.15, 0.2) is 97.1 Å². The van der Waals surface area contributed by atoms with Gasteiger partial charge >= 0.3 is 0 Å². The van der Waals surface area contributed by atoms with E-state index >= 15 is 0 Å². The summed E-state index contributed by atoms with van der Waals surface area (Å²) in [6.07, 6.45) is 0. The molecule has 1 nitrogen and oxygen atoms in total. The van der Waals surface area contributed by atoms with Crippen LogP contribution in [0, 0.1) is 0 Å². The second kappa shape index (κ2) is 6.72. The third-order valence-corrected chi connectivity index (χ3v) is 6.55. The number of nitrogens with zero attached hydrogens (tertiary/aromatic N) is 1. The molecule has 0 bridgehead atoms. The number of hydrogen-bond acceptors (Lipinski definition) is 0. The fraction of sp³-hybridized carbons (Fsp3) is 0.143. The number of fused-ring (bicyclic) bond motifs is 6. The second-order valence-electron chi connectivity index (χ2n) is 8.04. The van der Waals surface area contributed by atoms with Gasteiger partial charge in [-0.15, -0.1) is 0 Å². The Balaban J connectivity index is 1.28. The first-order valence-corrected chi connectivity index (χ1v) is 10.4. The summed E-state index contributed by atoms with van der Waals surface area (Å²) in [6, 6.07) is 35.3. The van der Waals surface area contributed by atoms with E-state index in [4.69, 9.17) is 5.32 Å². The van der Waals surface area contributed by atoms with Gasteiger partial charge in [0.15, 0.2) is 0 Å². The minimum atomic E-state index is 0.370. The Kier molecular flexibility index (Phi) is 3.88. The first-order valence-electron chi connectivity index (χ1n) is 10.4. The molecular weight excluding hydrogens is 350 g/mol. The first-order chi connectivity index (χ1) is 14.4. The third-order valence-electron chi connectivity index (χ3n) is 6.55. The van der Waals surface area contributed by atoms with Crippen molar-refractivity contribution in [3.8, 4) is 22.3 Å². The SMILES string of the molecule is c1ccc2c(c1)-c1ccccc1C2C[N]CC1c2ccccc2-c2ccccc21. The van der Waals surface area contributed by atoms with E-state index in [0.717, 1.165) is 13.1 Å². The molecule has 4 aromatic carbocycles. The maximum absolute atomic E-state index is 5.13. The highest BCUT2D eigenvalue weighted by Crippen LogP contribution is 2.46. The van der Waals surface area contributed by atoms with Crippen LogP contribution >= 0.6 is 0 Å². The van der Waals surface area contributed by atoms with Crippen LogP contribution in [0.3, 0.4) is 0 Å². The molecule has 1 heteroatoms. The summed E-state index contributed by atoms with van der Waals surface area (Å²) in [6.45, 7) is 1.68. The highest BCUT2D eigenvalue weighted by molar-refractivity contribution is 5.80. The Morgan fingerprint density at radius 1 is 0.414 bits per heavy atom. The lowest BCUT2D eigenvalue weighted by Gasteiger charge is -2.17. The van der Waals surface area contributed by atoms with E-state index in [1.54, 1.807) is 0 Å². The summed E-state index contributed by atoms with van der Waals surface area (Å²) in [5, 5.41) is 5.13. The van der Waals surface area contributed by atoms with Crippen LogP contribution in [0.1, 0.15) is 34.1 Å². The van der Waals surface area contributed by atoms with Gasteiger partial charge in [0.25, 0.3) is 0 Å². The summed E-state index contributed by atoms with van der Waals surface area (Å²) in [5.41, 5.74) is 11.2. The maximum atomic E-state index is 5.13. The highest BCUT2D eigenvalue weighted by Gasteiger charge is 2.30. The molecule has 0 unspecified atom stereocenters. The van der Waals surface area contributed by atoms with Crippen molar-refractivity contribution in [2.24, 2.45) is 0 Å². The molecule has 0 aromatic heterocycles. The monoisotopic (exact) mass is 372 g/mol. The molecule has 4 aromatic rings. The van der Waals surface area contributed by atoms with Crippen molar-refractivity contribution in [2.45, 2.75) is 11.8 Å². The lowest BCUT2D eigenvalue weighted by atomic mass is 9.94. The zero-order valence-electron chi connectivity index (χ0n) is 16.3. The molecular formula is C28H22N. The van der Waals surface area contributed by atoms with Gasteiger partial charge in [0, 0.05) is 24.9 Å². The maximum Gasteiger partial charge on any atom is 0.0243 e. The predicted octanol–water partition coefficient (Wildman–Crippen LogP) is 6.22. The zero-order valence-corrected chi connectivity index (χ0v) is 16.3. The van der Waals surface area contributed by atoms with Crippen molar-refractivity contribution in [3.05, 3.63) is 119 Å². The van der Waals surface area contributed by atoms with Gasteiger partial charge in [0.1, 0.15) is 0 Å². The van der Waals surface area contributed by atoms with Crippen LogP contribution in [-0.4, -0.2) is 13.1 Å². The minimum absolute atomic E-state index is 0.370. The van der Waals surface area contributed by atoms with E-state index in [2.05, 4.69) is 97.1 Å². The molecule has 2 aliphatic rings. The Hall–Kier alpha value is -3.16. The summed E-state index contributed by atoms with van der Waals surface area (Å²) in [5.74, 6) is 0.739. The Morgan fingerprint density at radius 3 is 1.00 bits per heavy atom. The molecule has 0 saturated heterocycles. The topological polar surface area (TPSA) is 14.1 Å². The van der Waals surface area contributed by atoms with Crippen LogP contribution in [0.25, 0.3) is 22.3 Å². The smallest absolute Gasteiger partial charge is 0.0243 e. The third kappa shape index (κ3) is 2.58. The van der Waals surface area contributed by atoms with Gasteiger partial charge in [-0.1, -0.05) is 97.1 Å². The van der Waals surface area contributed by atoms with Crippen LogP contribution in [0.2, 0.25) is 0 Å². The zero-order chi connectivity index (χ0) is 19.2. The van der Waals surface area contributed by atoms with Crippen LogP contribution < -0.4 is 5.32 Å². The van der Waals surface area contributed by atoms with Crippen LogP contribution in [-0.2, 0) is 0 Å². The molecule has 0 heterocycles. The molecule has 0 N–H and O–H groups in total. The predicted molar refractivity (Wildman–Crippen MR) is 119 cm³/mol. The van der Waals surface area contributed by atoms with Crippen molar-refractivity contribution in [1.82, 2.24) is 5.32 Å². The minimum Gasteiger partial charge on any atom is -0.240 e. The average molecular weight is 372 g/mol. The Bertz CT molecular complexity index is 1020. The average Bonchev–Trinajstić information content (AvgIpc) is 3.28. The molecule has 0 aliphatic heterocycles. The summed E-state index contributed by atoms with van der Waals surface area (Å²) >= 11 is 0. The fourth-order valence-electron chi connectivity index (χ4n) is 5.25. The highest BCUT2D eigenvalue weighted by atomic mass is 14.9. The van der Waals surface area contributed by atoms with E-state index in [-0.39, 0.29) is 0 Å². The summed E-state index contributed by atoms with van der Waals surface area (Å²) in [7, 11) is 0. The van der Waals surface area contributed by atoms with E-state index in [0.29, 0.717) is 11.8 Å². The molecule has 0 fully saturated rings. The van der Waals surface area contributed by atoms with Crippen molar-refractivity contribution >= 4 is 0 Å². The Labute approximate surface area is 172 Å². The molecule has 6 rings (SSSR count). The molecule has 0 amide bonds. The van der Waals surface area contributed by atoms with E-state index in [1.807, 2.05) is 0 Å². The lowest BCUT2D eigenvalue weighted by Crippen LogP contribution is -2.20. The van der Waals surface area contributed by atoms with Crippen LogP contribution in [0.4, 0.5) is 0 Å². The van der Waals surface area contributed by atoms with Crippen molar-refractivity contribution < 1.29 is 0 Å². The van der Waals surface area contributed by atoms with E-state index in [9.17, 15) is 0 Å². The number of rotatable bonds is 4. The largest absolute Gasteiger partial charge is 0.240 e. The normalized spacial score (nSPS) is 14.3. The van der Waals surface area contributed by atoms with Crippen LogP contribution in [0.5, 0.6) is 0 Å². The first kappa shape index (κ1) is 16.8. The quantitative estimate of drug-likeness (QED) is 0.404. The molecule has 0 saturated carbocycles. The Morgan fingerprint density at radius 2 is 0.690 bits per heavy atom. The lowest BCUT2D eigenvalue weighted by molar-refractivity contribution is 0.600. The van der Waals surface area contributed by atoms with Gasteiger partial charge in [-0.3, -0.25) is 0 Å². The molecule has 29 heavy (non-hydrogen) atoms. The van der Waals surface area contributed by atoms with Gasteiger partial charge in [0.2, 0.25) is 0 Å². The fourth-order valence-corrected chi connectivity index (χ4v) is 5.25. The summed E-state index contributed by atoms with van der Waals surface area (Å²) < 4.78 is 0. The van der Waals surface area contributed by atoms with Crippen molar-refractivity contribution in [1.29, 1.82) is 0 Å². The van der Waals surface area contributed by atoms with Gasteiger partial charge in [-0.05, 0) is 44.5 Å². The van der Waals surface area contributed by atoms with Crippen molar-refractivity contribution in [3.63, 3.8) is 0 Å². The molecule has 2 aliphatic carbocycles.